The minimum absolute atomic E-state index is 0.0664. The molecule has 1 amide bonds. The van der Waals surface area contributed by atoms with Gasteiger partial charge in [0, 0.05) is 11.3 Å². The Labute approximate surface area is 96.2 Å². The standard InChI is InChI=1S/C13H18N2O/c1-3-4-7-14-12-10-8-9(2)5-6-11(10)15-13(12)16/h5-6,8,12,14H,3-4,7H2,1-2H3,(H,15,16). The average molecular weight is 218 g/mol. The molecule has 0 saturated carbocycles. The Kier molecular flexibility index (Phi) is 3.25. The van der Waals surface area contributed by atoms with Crippen LogP contribution in [-0.4, -0.2) is 12.5 Å². The van der Waals surface area contributed by atoms with Gasteiger partial charge in [0.1, 0.15) is 6.04 Å². The van der Waals surface area contributed by atoms with E-state index < -0.39 is 0 Å². The highest BCUT2D eigenvalue weighted by molar-refractivity contribution is 6.02. The number of hydrogen-bond acceptors (Lipinski definition) is 2. The molecule has 1 unspecified atom stereocenters. The van der Waals surface area contributed by atoms with Gasteiger partial charge in [-0.05, 0) is 26.0 Å². The molecule has 1 atom stereocenters. The number of benzene rings is 1. The van der Waals surface area contributed by atoms with Crippen LogP contribution in [0.1, 0.15) is 36.9 Å². The second kappa shape index (κ2) is 4.66. The molecule has 0 spiro atoms. The van der Waals surface area contributed by atoms with Crippen molar-refractivity contribution in [1.29, 1.82) is 0 Å². The largest absolute Gasteiger partial charge is 0.324 e. The van der Waals surface area contributed by atoms with Crippen molar-refractivity contribution in [2.75, 3.05) is 11.9 Å². The lowest BCUT2D eigenvalue weighted by Gasteiger charge is -2.11. The summed E-state index contributed by atoms with van der Waals surface area (Å²) in [6.45, 7) is 5.09. The smallest absolute Gasteiger partial charge is 0.246 e. The Hall–Kier alpha value is -1.35. The van der Waals surface area contributed by atoms with Gasteiger partial charge in [0.05, 0.1) is 0 Å². The first-order valence-corrected chi connectivity index (χ1v) is 5.87. The summed E-state index contributed by atoms with van der Waals surface area (Å²) in [5.74, 6) is 0.0664. The van der Waals surface area contributed by atoms with Crippen molar-refractivity contribution >= 4 is 11.6 Å². The molecule has 0 saturated heterocycles. The van der Waals surface area contributed by atoms with E-state index in [1.54, 1.807) is 0 Å². The molecular formula is C13H18N2O. The molecule has 0 bridgehead atoms. The van der Waals surface area contributed by atoms with Crippen LogP contribution in [-0.2, 0) is 4.79 Å². The number of amides is 1. The zero-order chi connectivity index (χ0) is 11.5. The third-order valence-electron chi connectivity index (χ3n) is 2.92. The summed E-state index contributed by atoms with van der Waals surface area (Å²) in [4.78, 5) is 11.8. The molecule has 1 aromatic rings. The molecule has 1 aliphatic heterocycles. The van der Waals surface area contributed by atoms with Gasteiger partial charge in [-0.25, -0.2) is 0 Å². The molecule has 0 fully saturated rings. The number of hydrogen-bond donors (Lipinski definition) is 2. The first-order valence-electron chi connectivity index (χ1n) is 5.87. The van der Waals surface area contributed by atoms with E-state index in [1.807, 2.05) is 19.1 Å². The van der Waals surface area contributed by atoms with Crippen LogP contribution in [0.3, 0.4) is 0 Å². The molecule has 86 valence electrons. The molecule has 0 aromatic heterocycles. The molecule has 0 radical (unpaired) electrons. The molecule has 3 nitrogen and oxygen atoms in total. The van der Waals surface area contributed by atoms with Crippen LogP contribution in [0.2, 0.25) is 0 Å². The van der Waals surface area contributed by atoms with Gasteiger partial charge in [-0.1, -0.05) is 31.0 Å². The summed E-state index contributed by atoms with van der Waals surface area (Å²) in [6.07, 6.45) is 2.24. The van der Waals surface area contributed by atoms with Crippen LogP contribution in [0, 0.1) is 6.92 Å². The third-order valence-corrected chi connectivity index (χ3v) is 2.92. The Balaban J connectivity index is 2.15. The first-order chi connectivity index (χ1) is 7.72. The highest BCUT2D eigenvalue weighted by Gasteiger charge is 2.29. The van der Waals surface area contributed by atoms with Gasteiger partial charge in [-0.2, -0.15) is 0 Å². The van der Waals surface area contributed by atoms with Gasteiger partial charge in [-0.15, -0.1) is 0 Å². The summed E-state index contributed by atoms with van der Waals surface area (Å²) < 4.78 is 0. The number of unbranched alkanes of at least 4 members (excludes halogenated alkanes) is 1. The highest BCUT2D eigenvalue weighted by atomic mass is 16.2. The maximum Gasteiger partial charge on any atom is 0.246 e. The quantitative estimate of drug-likeness (QED) is 0.762. The maximum atomic E-state index is 11.8. The number of carbonyl (C=O) groups excluding carboxylic acids is 1. The summed E-state index contributed by atoms with van der Waals surface area (Å²) in [5, 5.41) is 6.20. The molecule has 1 aliphatic rings. The van der Waals surface area contributed by atoms with Gasteiger partial charge >= 0.3 is 0 Å². The fourth-order valence-electron chi connectivity index (χ4n) is 2.01. The predicted octanol–water partition coefficient (Wildman–Crippen LogP) is 2.38. The van der Waals surface area contributed by atoms with Crippen molar-refractivity contribution in [2.24, 2.45) is 0 Å². The van der Waals surface area contributed by atoms with Gasteiger partial charge in [-0.3, -0.25) is 4.79 Å². The number of aryl methyl sites for hydroxylation is 1. The SMILES string of the molecule is CCCCNC1C(=O)Nc2ccc(C)cc21. The lowest BCUT2D eigenvalue weighted by atomic mass is 10.1. The van der Waals surface area contributed by atoms with Crippen LogP contribution in [0.4, 0.5) is 5.69 Å². The van der Waals surface area contributed by atoms with E-state index in [4.69, 9.17) is 0 Å². The summed E-state index contributed by atoms with van der Waals surface area (Å²) in [7, 11) is 0. The minimum Gasteiger partial charge on any atom is -0.324 e. The fourth-order valence-corrected chi connectivity index (χ4v) is 2.01. The number of fused-ring (bicyclic) bond motifs is 1. The van der Waals surface area contributed by atoms with E-state index in [1.165, 1.54) is 5.56 Å². The van der Waals surface area contributed by atoms with Crippen molar-refractivity contribution in [3.63, 3.8) is 0 Å². The van der Waals surface area contributed by atoms with Crippen LogP contribution in [0.15, 0.2) is 18.2 Å². The molecule has 0 aliphatic carbocycles. The van der Waals surface area contributed by atoms with E-state index in [9.17, 15) is 4.79 Å². The second-order valence-corrected chi connectivity index (χ2v) is 4.32. The fraction of sp³-hybridized carbons (Fsp3) is 0.462. The van der Waals surface area contributed by atoms with Crippen LogP contribution < -0.4 is 10.6 Å². The van der Waals surface area contributed by atoms with Crippen LogP contribution in [0.25, 0.3) is 0 Å². The van der Waals surface area contributed by atoms with Crippen molar-refractivity contribution in [3.05, 3.63) is 29.3 Å². The van der Waals surface area contributed by atoms with Crippen molar-refractivity contribution in [3.8, 4) is 0 Å². The van der Waals surface area contributed by atoms with Crippen LogP contribution >= 0.6 is 0 Å². The van der Waals surface area contributed by atoms with Crippen molar-refractivity contribution in [2.45, 2.75) is 32.7 Å². The Bertz CT molecular complexity index is 401. The van der Waals surface area contributed by atoms with Gasteiger partial charge in [0.25, 0.3) is 0 Å². The van der Waals surface area contributed by atoms with Crippen molar-refractivity contribution < 1.29 is 4.79 Å². The van der Waals surface area contributed by atoms with E-state index in [0.29, 0.717) is 0 Å². The van der Waals surface area contributed by atoms with Gasteiger partial charge in [0.15, 0.2) is 0 Å². The maximum absolute atomic E-state index is 11.8. The van der Waals surface area contributed by atoms with Crippen molar-refractivity contribution in [1.82, 2.24) is 5.32 Å². The lowest BCUT2D eigenvalue weighted by molar-refractivity contribution is -0.117. The summed E-state index contributed by atoms with van der Waals surface area (Å²) in [5.41, 5.74) is 3.23. The molecule has 2 N–H and O–H groups in total. The lowest BCUT2D eigenvalue weighted by Crippen LogP contribution is -2.28. The summed E-state index contributed by atoms with van der Waals surface area (Å²) in [6, 6.07) is 5.91. The zero-order valence-electron chi connectivity index (χ0n) is 9.84. The predicted molar refractivity (Wildman–Crippen MR) is 65.5 cm³/mol. The van der Waals surface area contributed by atoms with E-state index >= 15 is 0 Å². The Morgan fingerprint density at radius 2 is 2.25 bits per heavy atom. The monoisotopic (exact) mass is 218 g/mol. The molecule has 1 aromatic carbocycles. The minimum atomic E-state index is -0.165. The van der Waals surface area contributed by atoms with Gasteiger partial charge in [0.2, 0.25) is 5.91 Å². The van der Waals surface area contributed by atoms with E-state index in [-0.39, 0.29) is 11.9 Å². The number of carbonyl (C=O) groups is 1. The highest BCUT2D eigenvalue weighted by Crippen LogP contribution is 2.31. The average Bonchev–Trinajstić information content (AvgIpc) is 2.56. The Morgan fingerprint density at radius 1 is 1.44 bits per heavy atom. The molecule has 2 rings (SSSR count). The first kappa shape index (κ1) is 11.1. The van der Waals surface area contributed by atoms with Gasteiger partial charge < -0.3 is 10.6 Å². The summed E-state index contributed by atoms with van der Waals surface area (Å²) >= 11 is 0. The third kappa shape index (κ3) is 2.09. The number of anilines is 1. The number of nitrogens with one attached hydrogen (secondary N) is 2. The van der Waals surface area contributed by atoms with Crippen LogP contribution in [0.5, 0.6) is 0 Å². The molecular weight excluding hydrogens is 200 g/mol. The normalized spacial score (nSPS) is 18.4. The molecule has 16 heavy (non-hydrogen) atoms. The van der Waals surface area contributed by atoms with E-state index in [2.05, 4.69) is 23.6 Å². The molecule has 3 heteroatoms. The zero-order valence-corrected chi connectivity index (χ0v) is 9.84. The molecule has 1 heterocycles. The topological polar surface area (TPSA) is 41.1 Å². The van der Waals surface area contributed by atoms with E-state index in [0.717, 1.165) is 30.6 Å². The Morgan fingerprint density at radius 3 is 3.00 bits per heavy atom. The second-order valence-electron chi connectivity index (χ2n) is 4.32. The number of rotatable bonds is 4.